The zero-order chi connectivity index (χ0) is 20.1. The van der Waals surface area contributed by atoms with E-state index >= 15 is 0 Å². The molecule has 1 saturated heterocycles. The van der Waals surface area contributed by atoms with Crippen LogP contribution in [0.1, 0.15) is 39.5 Å². The predicted molar refractivity (Wildman–Crippen MR) is 107 cm³/mol. The molecule has 2 N–H and O–H groups in total. The molecule has 2 aromatic rings. The van der Waals surface area contributed by atoms with E-state index in [-0.39, 0.29) is 30.3 Å². The van der Waals surface area contributed by atoms with Gasteiger partial charge in [0.05, 0.1) is 6.54 Å². The van der Waals surface area contributed by atoms with Gasteiger partial charge in [-0.3, -0.25) is 14.4 Å². The molecule has 28 heavy (non-hydrogen) atoms. The maximum atomic E-state index is 12.4. The van der Waals surface area contributed by atoms with Crippen LogP contribution >= 0.6 is 15.9 Å². The smallest absolute Gasteiger partial charge is 0.287 e. The second-order valence-corrected chi connectivity index (χ2v) is 7.65. The molecule has 0 bridgehead atoms. The fourth-order valence-electron chi connectivity index (χ4n) is 3.09. The lowest BCUT2D eigenvalue weighted by molar-refractivity contribution is -0.131. The molecule has 3 amide bonds. The van der Waals surface area contributed by atoms with Gasteiger partial charge < -0.3 is 20.0 Å². The van der Waals surface area contributed by atoms with Crippen molar-refractivity contribution >= 4 is 33.7 Å². The molecule has 0 saturated carbocycles. The van der Waals surface area contributed by atoms with E-state index in [1.807, 2.05) is 6.07 Å². The number of aryl methyl sites for hydroxylation is 1. The van der Waals surface area contributed by atoms with Crippen molar-refractivity contribution < 1.29 is 18.8 Å². The Bertz CT molecular complexity index is 872. The van der Waals surface area contributed by atoms with Crippen LogP contribution in [0, 0.1) is 6.92 Å². The topological polar surface area (TPSA) is 91.7 Å². The first-order valence-electron chi connectivity index (χ1n) is 9.11. The number of rotatable bonds is 5. The highest BCUT2D eigenvalue weighted by molar-refractivity contribution is 9.10. The van der Waals surface area contributed by atoms with Crippen molar-refractivity contribution in [3.05, 3.63) is 58.0 Å². The molecule has 1 fully saturated rings. The number of furan rings is 1. The Kier molecular flexibility index (Phi) is 6.51. The first-order valence-corrected chi connectivity index (χ1v) is 9.90. The summed E-state index contributed by atoms with van der Waals surface area (Å²) in [6.07, 6.45) is 1.33. The number of amides is 3. The van der Waals surface area contributed by atoms with Gasteiger partial charge in [0, 0.05) is 29.2 Å². The van der Waals surface area contributed by atoms with Gasteiger partial charge in [-0.05, 0) is 50.1 Å². The Morgan fingerprint density at radius 3 is 2.54 bits per heavy atom. The Hall–Kier alpha value is -2.61. The highest BCUT2D eigenvalue weighted by Gasteiger charge is 2.25. The summed E-state index contributed by atoms with van der Waals surface area (Å²) in [5, 5.41) is 5.60. The van der Waals surface area contributed by atoms with Gasteiger partial charge in [-0.15, -0.1) is 0 Å². The van der Waals surface area contributed by atoms with Gasteiger partial charge in [0.25, 0.3) is 11.8 Å². The number of piperidine rings is 1. The van der Waals surface area contributed by atoms with Gasteiger partial charge in [-0.1, -0.05) is 22.0 Å². The normalized spacial score (nSPS) is 14.6. The zero-order valence-electron chi connectivity index (χ0n) is 15.5. The molecular formula is C20H22BrN3O4. The van der Waals surface area contributed by atoms with E-state index in [9.17, 15) is 14.4 Å². The van der Waals surface area contributed by atoms with Crippen molar-refractivity contribution in [1.82, 2.24) is 15.5 Å². The summed E-state index contributed by atoms with van der Waals surface area (Å²) in [6.45, 7) is 2.81. The fourth-order valence-corrected chi connectivity index (χ4v) is 3.49. The SMILES string of the molecule is Cc1ccc(C(=O)NC2CCN(C(=O)CNC(=O)c3cccc(Br)c3)CC2)o1. The van der Waals surface area contributed by atoms with Gasteiger partial charge >= 0.3 is 0 Å². The lowest BCUT2D eigenvalue weighted by Crippen LogP contribution is -2.49. The van der Waals surface area contributed by atoms with Crippen molar-refractivity contribution in [2.75, 3.05) is 19.6 Å². The zero-order valence-corrected chi connectivity index (χ0v) is 17.1. The molecule has 8 heteroatoms. The quantitative estimate of drug-likeness (QED) is 0.736. The number of hydrogen-bond acceptors (Lipinski definition) is 4. The van der Waals surface area contributed by atoms with Crippen molar-refractivity contribution in [3.63, 3.8) is 0 Å². The maximum Gasteiger partial charge on any atom is 0.287 e. The van der Waals surface area contributed by atoms with E-state index in [0.717, 1.165) is 4.47 Å². The molecule has 0 unspecified atom stereocenters. The minimum Gasteiger partial charge on any atom is -0.456 e. The average Bonchev–Trinajstić information content (AvgIpc) is 3.13. The maximum absolute atomic E-state index is 12.4. The number of carbonyl (C=O) groups is 3. The first kappa shape index (κ1) is 20.1. The minimum absolute atomic E-state index is 0.00165. The van der Waals surface area contributed by atoms with Gasteiger partial charge in [0.2, 0.25) is 5.91 Å². The second-order valence-electron chi connectivity index (χ2n) is 6.73. The molecule has 0 spiro atoms. The molecule has 2 heterocycles. The van der Waals surface area contributed by atoms with Crippen molar-refractivity contribution in [3.8, 4) is 0 Å². The fraction of sp³-hybridized carbons (Fsp3) is 0.350. The van der Waals surface area contributed by atoms with Crippen LogP contribution in [0.15, 0.2) is 45.3 Å². The number of nitrogens with one attached hydrogen (secondary N) is 2. The van der Waals surface area contributed by atoms with Crippen LogP contribution in [0.2, 0.25) is 0 Å². The third-order valence-electron chi connectivity index (χ3n) is 4.63. The largest absolute Gasteiger partial charge is 0.456 e. The van der Waals surface area contributed by atoms with Crippen LogP contribution in [0.4, 0.5) is 0 Å². The van der Waals surface area contributed by atoms with E-state index in [1.165, 1.54) is 0 Å². The molecule has 0 atom stereocenters. The van der Waals surface area contributed by atoms with Crippen LogP contribution in [0.25, 0.3) is 0 Å². The van der Waals surface area contributed by atoms with Gasteiger partial charge in [-0.2, -0.15) is 0 Å². The molecule has 0 aliphatic carbocycles. The Balaban J connectivity index is 1.42. The average molecular weight is 448 g/mol. The number of halogens is 1. The molecule has 0 radical (unpaired) electrons. The number of nitrogens with zero attached hydrogens (tertiary/aromatic N) is 1. The number of benzene rings is 1. The number of likely N-dealkylation sites (tertiary alicyclic amines) is 1. The molecule has 1 aliphatic rings. The summed E-state index contributed by atoms with van der Waals surface area (Å²) in [7, 11) is 0. The van der Waals surface area contributed by atoms with Crippen molar-refractivity contribution in [1.29, 1.82) is 0 Å². The Labute approximate surface area is 171 Å². The summed E-state index contributed by atoms with van der Waals surface area (Å²) in [6, 6.07) is 10.4. The molecule has 1 aliphatic heterocycles. The molecule has 148 valence electrons. The molecule has 1 aromatic heterocycles. The predicted octanol–water partition coefficient (Wildman–Crippen LogP) is 2.50. The third-order valence-corrected chi connectivity index (χ3v) is 5.13. The highest BCUT2D eigenvalue weighted by Crippen LogP contribution is 2.13. The van der Waals surface area contributed by atoms with E-state index in [0.29, 0.717) is 43.0 Å². The molecule has 1 aromatic carbocycles. The van der Waals surface area contributed by atoms with Crippen molar-refractivity contribution in [2.24, 2.45) is 0 Å². The lowest BCUT2D eigenvalue weighted by Gasteiger charge is -2.32. The summed E-state index contributed by atoms with van der Waals surface area (Å²) in [5.41, 5.74) is 0.497. The summed E-state index contributed by atoms with van der Waals surface area (Å²) in [5.74, 6) is 0.334. The Morgan fingerprint density at radius 2 is 1.89 bits per heavy atom. The van der Waals surface area contributed by atoms with E-state index in [1.54, 1.807) is 42.2 Å². The summed E-state index contributed by atoms with van der Waals surface area (Å²) >= 11 is 3.32. The van der Waals surface area contributed by atoms with E-state index in [4.69, 9.17) is 4.42 Å². The first-order chi connectivity index (χ1) is 13.4. The van der Waals surface area contributed by atoms with Crippen molar-refractivity contribution in [2.45, 2.75) is 25.8 Å². The lowest BCUT2D eigenvalue weighted by atomic mass is 10.0. The minimum atomic E-state index is -0.287. The van der Waals surface area contributed by atoms with Gasteiger partial charge in [0.15, 0.2) is 5.76 Å². The van der Waals surface area contributed by atoms with E-state index < -0.39 is 0 Å². The van der Waals surface area contributed by atoms with Crippen LogP contribution in [0.3, 0.4) is 0 Å². The van der Waals surface area contributed by atoms with Crippen LogP contribution in [-0.4, -0.2) is 48.3 Å². The van der Waals surface area contributed by atoms with Crippen LogP contribution in [0.5, 0.6) is 0 Å². The summed E-state index contributed by atoms with van der Waals surface area (Å²) < 4.78 is 6.13. The molecular weight excluding hydrogens is 426 g/mol. The monoisotopic (exact) mass is 447 g/mol. The third kappa shape index (κ3) is 5.22. The van der Waals surface area contributed by atoms with E-state index in [2.05, 4.69) is 26.6 Å². The molecule has 3 rings (SSSR count). The summed E-state index contributed by atoms with van der Waals surface area (Å²) in [4.78, 5) is 38.3. The molecule has 7 nitrogen and oxygen atoms in total. The highest BCUT2D eigenvalue weighted by atomic mass is 79.9. The standard InChI is InChI=1S/C20H22BrN3O4/c1-13-5-6-17(28-13)20(27)23-16-7-9-24(10-8-16)18(25)12-22-19(26)14-3-2-4-15(21)11-14/h2-6,11,16H,7-10,12H2,1H3,(H,22,26)(H,23,27). The second kappa shape index (κ2) is 9.05. The van der Waals surface area contributed by atoms with Gasteiger partial charge in [-0.25, -0.2) is 0 Å². The number of hydrogen-bond donors (Lipinski definition) is 2. The number of carbonyl (C=O) groups excluding carboxylic acids is 3. The van der Waals surface area contributed by atoms with Gasteiger partial charge in [0.1, 0.15) is 5.76 Å². The van der Waals surface area contributed by atoms with Crippen LogP contribution in [-0.2, 0) is 4.79 Å². The Morgan fingerprint density at radius 1 is 1.14 bits per heavy atom. The van der Waals surface area contributed by atoms with Crippen LogP contribution < -0.4 is 10.6 Å².